The van der Waals surface area contributed by atoms with E-state index in [2.05, 4.69) is 50.4 Å². The molecule has 1 saturated heterocycles. The Kier molecular flexibility index (Phi) is 9.11. The SMILES string of the molecule is COc1cc(/C=C2\C(=O)NC(=O)N(c3cc4c5c(c3)[C@H](c3ccccc3)CCN5CC[C@H]4c3ccccc3)C2=O)cc(Br)c1OCc1ccccc1. The fourth-order valence-corrected chi connectivity index (χ4v) is 8.29. The summed E-state index contributed by atoms with van der Waals surface area (Å²) in [7, 11) is 1.53. The molecule has 0 unspecified atom stereocenters. The van der Waals surface area contributed by atoms with Gasteiger partial charge in [-0.05, 0) is 92.5 Å². The first kappa shape index (κ1) is 33.5. The fourth-order valence-electron chi connectivity index (χ4n) is 7.72. The van der Waals surface area contributed by atoms with Gasteiger partial charge in [-0.1, -0.05) is 91.0 Å². The third-order valence-electron chi connectivity index (χ3n) is 10.1. The molecule has 9 heteroatoms. The van der Waals surface area contributed by atoms with Crippen molar-refractivity contribution in [2.75, 3.05) is 30.0 Å². The van der Waals surface area contributed by atoms with E-state index in [1.807, 2.05) is 78.9 Å². The maximum absolute atomic E-state index is 14.4. The molecule has 2 atom stereocenters. The van der Waals surface area contributed by atoms with Crippen LogP contribution < -0.4 is 24.6 Å². The summed E-state index contributed by atoms with van der Waals surface area (Å²) in [5, 5.41) is 2.43. The molecule has 8 nitrogen and oxygen atoms in total. The van der Waals surface area contributed by atoms with Gasteiger partial charge in [0.2, 0.25) is 0 Å². The van der Waals surface area contributed by atoms with Crippen LogP contribution in [-0.2, 0) is 16.2 Å². The number of hydrogen-bond acceptors (Lipinski definition) is 6. The van der Waals surface area contributed by atoms with E-state index in [4.69, 9.17) is 9.47 Å². The molecule has 0 aliphatic carbocycles. The van der Waals surface area contributed by atoms with Crippen molar-refractivity contribution in [1.29, 1.82) is 0 Å². The van der Waals surface area contributed by atoms with Crippen LogP contribution in [0.4, 0.5) is 16.2 Å². The van der Waals surface area contributed by atoms with Crippen molar-refractivity contribution in [3.63, 3.8) is 0 Å². The highest BCUT2D eigenvalue weighted by Gasteiger charge is 2.40. The van der Waals surface area contributed by atoms with Crippen LogP contribution in [0.1, 0.15) is 58.1 Å². The maximum atomic E-state index is 14.4. The lowest BCUT2D eigenvalue weighted by atomic mass is 9.76. The maximum Gasteiger partial charge on any atom is 0.335 e. The molecule has 3 heterocycles. The number of halogens is 1. The van der Waals surface area contributed by atoms with Crippen molar-refractivity contribution >= 4 is 51.2 Å². The Morgan fingerprint density at radius 3 is 1.94 bits per heavy atom. The van der Waals surface area contributed by atoms with Gasteiger partial charge in [0.05, 0.1) is 17.3 Å². The summed E-state index contributed by atoms with van der Waals surface area (Å²) in [6, 6.07) is 37.1. The number of methoxy groups -OCH3 is 1. The van der Waals surface area contributed by atoms with E-state index in [1.54, 1.807) is 12.1 Å². The number of amides is 4. The van der Waals surface area contributed by atoms with Gasteiger partial charge >= 0.3 is 6.03 Å². The number of hydrogen-bond donors (Lipinski definition) is 1. The van der Waals surface area contributed by atoms with E-state index in [9.17, 15) is 14.4 Å². The molecule has 52 heavy (non-hydrogen) atoms. The van der Waals surface area contributed by atoms with Gasteiger partial charge in [-0.25, -0.2) is 9.69 Å². The molecule has 4 amide bonds. The molecule has 260 valence electrons. The largest absolute Gasteiger partial charge is 0.493 e. The van der Waals surface area contributed by atoms with Crippen molar-refractivity contribution < 1.29 is 23.9 Å². The molecular formula is C43H36BrN3O5. The molecule has 0 spiro atoms. The molecule has 3 aliphatic heterocycles. The second kappa shape index (κ2) is 14.2. The Labute approximate surface area is 310 Å². The van der Waals surface area contributed by atoms with Crippen LogP contribution in [0.15, 0.2) is 125 Å². The third kappa shape index (κ3) is 6.26. The quantitative estimate of drug-likeness (QED) is 0.126. The number of nitrogens with one attached hydrogen (secondary N) is 1. The lowest BCUT2D eigenvalue weighted by Gasteiger charge is -2.44. The van der Waals surface area contributed by atoms with Crippen LogP contribution in [-0.4, -0.2) is 38.0 Å². The molecule has 1 fully saturated rings. The summed E-state index contributed by atoms with van der Waals surface area (Å²) in [5.41, 5.74) is 7.48. The summed E-state index contributed by atoms with van der Waals surface area (Å²) in [4.78, 5) is 44.9. The number of benzene rings is 5. The van der Waals surface area contributed by atoms with Crippen molar-refractivity contribution in [1.82, 2.24) is 5.32 Å². The molecule has 0 saturated carbocycles. The normalized spacial score (nSPS) is 19.0. The molecule has 0 radical (unpaired) electrons. The number of rotatable bonds is 8. The van der Waals surface area contributed by atoms with Crippen molar-refractivity contribution in [2.45, 2.75) is 31.3 Å². The average molecular weight is 755 g/mol. The Hall–Kier alpha value is -5.67. The van der Waals surface area contributed by atoms with Crippen molar-refractivity contribution in [3.05, 3.63) is 159 Å². The van der Waals surface area contributed by atoms with Crippen molar-refractivity contribution in [3.8, 4) is 11.5 Å². The highest BCUT2D eigenvalue weighted by Crippen LogP contribution is 2.50. The summed E-state index contributed by atoms with van der Waals surface area (Å²) >= 11 is 3.59. The zero-order chi connectivity index (χ0) is 35.8. The van der Waals surface area contributed by atoms with Gasteiger partial charge in [0, 0.05) is 30.6 Å². The minimum absolute atomic E-state index is 0.0766. The Morgan fingerprint density at radius 1 is 0.788 bits per heavy atom. The number of imide groups is 2. The predicted molar refractivity (Wildman–Crippen MR) is 205 cm³/mol. The third-order valence-corrected chi connectivity index (χ3v) is 10.7. The molecular weight excluding hydrogens is 718 g/mol. The molecule has 1 N–H and O–H groups in total. The fraction of sp³-hybridized carbons (Fsp3) is 0.186. The molecule has 0 aromatic heterocycles. The first-order valence-electron chi connectivity index (χ1n) is 17.4. The second-order valence-corrected chi connectivity index (χ2v) is 14.1. The number of carbonyl (C=O) groups excluding carboxylic acids is 3. The van der Waals surface area contributed by atoms with E-state index < -0.39 is 17.8 Å². The highest BCUT2D eigenvalue weighted by atomic mass is 79.9. The van der Waals surface area contributed by atoms with E-state index in [0.717, 1.165) is 47.5 Å². The number of barbiturate groups is 1. The summed E-state index contributed by atoms with van der Waals surface area (Å²) < 4.78 is 12.3. The van der Waals surface area contributed by atoms with Gasteiger partial charge in [0.25, 0.3) is 11.8 Å². The molecule has 8 rings (SSSR count). The van der Waals surface area contributed by atoms with Crippen LogP contribution in [0.3, 0.4) is 0 Å². The predicted octanol–water partition coefficient (Wildman–Crippen LogP) is 8.58. The lowest BCUT2D eigenvalue weighted by Crippen LogP contribution is -2.54. The van der Waals surface area contributed by atoms with E-state index >= 15 is 0 Å². The second-order valence-electron chi connectivity index (χ2n) is 13.2. The van der Waals surface area contributed by atoms with E-state index in [0.29, 0.717) is 33.8 Å². The minimum atomic E-state index is -0.779. The van der Waals surface area contributed by atoms with Gasteiger partial charge in [-0.3, -0.25) is 14.9 Å². The Morgan fingerprint density at radius 2 is 1.37 bits per heavy atom. The highest BCUT2D eigenvalue weighted by molar-refractivity contribution is 9.10. The first-order valence-corrected chi connectivity index (χ1v) is 18.2. The zero-order valence-corrected chi connectivity index (χ0v) is 30.1. The van der Waals surface area contributed by atoms with Gasteiger partial charge in [-0.2, -0.15) is 0 Å². The minimum Gasteiger partial charge on any atom is -0.493 e. The smallest absolute Gasteiger partial charge is 0.335 e. The Balaban J connectivity index is 1.19. The molecule has 0 bridgehead atoms. The monoisotopic (exact) mass is 753 g/mol. The topological polar surface area (TPSA) is 88.2 Å². The average Bonchev–Trinajstić information content (AvgIpc) is 3.17. The van der Waals surface area contributed by atoms with Gasteiger partial charge in [0.1, 0.15) is 12.2 Å². The number of nitrogens with zero attached hydrogens (tertiary/aromatic N) is 2. The van der Waals surface area contributed by atoms with Crippen molar-refractivity contribution in [2.24, 2.45) is 0 Å². The Bertz CT molecular complexity index is 2130. The van der Waals surface area contributed by atoms with E-state index in [1.165, 1.54) is 30.0 Å². The van der Waals surface area contributed by atoms with Crippen LogP contribution in [0.25, 0.3) is 6.08 Å². The zero-order valence-electron chi connectivity index (χ0n) is 28.6. The van der Waals surface area contributed by atoms with Crippen LogP contribution >= 0.6 is 15.9 Å². The number of carbonyl (C=O) groups is 3. The standard InChI is InChI=1S/C43H36BrN3O5/c1-51-38-23-28(22-37(44)40(38)52-26-27-11-5-2-6-12-27)21-36-41(48)45-43(50)47(42(36)49)31-24-34-32(29-13-7-3-8-14-29)17-19-46-20-18-33(35(25-31)39(34)46)30-15-9-4-10-16-30/h2-16,21-25,32-33H,17-20,26H2,1H3,(H,45,48,50)/b36-21+/t32-,33-/m0/s1. The van der Waals surface area contributed by atoms with E-state index in [-0.39, 0.29) is 17.4 Å². The van der Waals surface area contributed by atoms with Gasteiger partial charge in [0.15, 0.2) is 11.5 Å². The molecule has 3 aliphatic rings. The molecule has 5 aromatic carbocycles. The van der Waals surface area contributed by atoms with Gasteiger partial charge in [-0.15, -0.1) is 0 Å². The summed E-state index contributed by atoms with van der Waals surface area (Å²) in [6.45, 7) is 2.16. The van der Waals surface area contributed by atoms with Crippen LogP contribution in [0.2, 0.25) is 0 Å². The lowest BCUT2D eigenvalue weighted by molar-refractivity contribution is -0.122. The number of anilines is 2. The van der Waals surface area contributed by atoms with Crippen LogP contribution in [0, 0.1) is 0 Å². The summed E-state index contributed by atoms with van der Waals surface area (Å²) in [5.74, 6) is -0.397. The van der Waals surface area contributed by atoms with Gasteiger partial charge < -0.3 is 14.4 Å². The number of ether oxygens (including phenoxy) is 2. The summed E-state index contributed by atoms with van der Waals surface area (Å²) in [6.07, 6.45) is 3.29. The molecule has 5 aromatic rings. The van der Waals surface area contributed by atoms with Crippen LogP contribution in [0.5, 0.6) is 11.5 Å². The number of urea groups is 1. The first-order chi connectivity index (χ1) is 25.4.